The summed E-state index contributed by atoms with van der Waals surface area (Å²) < 4.78 is 12.0. The van der Waals surface area contributed by atoms with Crippen molar-refractivity contribution in [1.29, 1.82) is 0 Å². The van der Waals surface area contributed by atoms with Crippen molar-refractivity contribution in [3.63, 3.8) is 0 Å². The first-order chi connectivity index (χ1) is 12.6. The Bertz CT molecular complexity index is 1040. The number of carbonyl (C=O) groups excluding carboxylic acids is 1. The molecule has 11 nitrogen and oxygen atoms in total. The summed E-state index contributed by atoms with van der Waals surface area (Å²) in [5.74, 6) is -1.06. The Kier molecular flexibility index (Phi) is 5.34. The van der Waals surface area contributed by atoms with Crippen LogP contribution in [0.3, 0.4) is 0 Å². The zero-order chi connectivity index (χ0) is 20.5. The summed E-state index contributed by atoms with van der Waals surface area (Å²) in [6.45, 7) is 1.32. The summed E-state index contributed by atoms with van der Waals surface area (Å²) in [6.07, 6.45) is -1.27. The third kappa shape index (κ3) is 3.52. The molecule has 0 saturated carbocycles. The number of nitro groups is 1. The van der Waals surface area contributed by atoms with Gasteiger partial charge in [0.1, 0.15) is 17.1 Å². The monoisotopic (exact) mass is 378 g/mol. The first kappa shape index (κ1) is 19.7. The van der Waals surface area contributed by atoms with E-state index in [1.54, 1.807) is 0 Å². The molecule has 11 heteroatoms. The molecule has 0 aliphatic rings. The fourth-order valence-corrected chi connectivity index (χ4v) is 2.41. The van der Waals surface area contributed by atoms with E-state index in [9.17, 15) is 24.5 Å². The van der Waals surface area contributed by atoms with Crippen LogP contribution in [0.5, 0.6) is 11.5 Å². The minimum atomic E-state index is -1.27. The summed E-state index contributed by atoms with van der Waals surface area (Å²) >= 11 is 0. The summed E-state index contributed by atoms with van der Waals surface area (Å²) in [4.78, 5) is 47.3. The number of Topliss-reactive ketones (excluding diaryl/α,β-unsaturated/α-hetero) is 1. The fraction of sp³-hybridized carbons (Fsp3) is 0.312. The molecule has 1 aromatic heterocycles. The molecule has 2 aromatic rings. The first-order valence-electron chi connectivity index (χ1n) is 7.68. The van der Waals surface area contributed by atoms with Gasteiger partial charge in [0, 0.05) is 14.1 Å². The second kappa shape index (κ2) is 7.32. The minimum absolute atomic E-state index is 0.179. The number of carbonyl (C=O) groups is 1. The highest BCUT2D eigenvalue weighted by molar-refractivity contribution is 6.02. The number of nitrogens with zero attached hydrogens (tertiary/aromatic N) is 3. The van der Waals surface area contributed by atoms with Gasteiger partial charge in [-0.05, 0) is 19.1 Å². The molecule has 0 saturated heterocycles. The lowest BCUT2D eigenvalue weighted by molar-refractivity contribution is -0.386. The molecule has 2 N–H and O–H groups in total. The van der Waals surface area contributed by atoms with Gasteiger partial charge in [0.05, 0.1) is 18.1 Å². The van der Waals surface area contributed by atoms with E-state index >= 15 is 0 Å². The van der Waals surface area contributed by atoms with Crippen molar-refractivity contribution in [3.05, 3.63) is 54.7 Å². The fourth-order valence-electron chi connectivity index (χ4n) is 2.41. The van der Waals surface area contributed by atoms with Crippen LogP contribution < -0.4 is 26.5 Å². The van der Waals surface area contributed by atoms with Crippen LogP contribution in [-0.4, -0.2) is 33.1 Å². The summed E-state index contributed by atoms with van der Waals surface area (Å²) in [6, 6.07) is 3.86. The molecule has 0 fully saturated rings. The lowest BCUT2D eigenvalue weighted by Gasteiger charge is -2.16. The second-order valence-corrected chi connectivity index (χ2v) is 5.68. The molecule has 144 valence electrons. The number of aromatic nitrogens is 2. The first-order valence-corrected chi connectivity index (χ1v) is 7.68. The van der Waals surface area contributed by atoms with Gasteiger partial charge < -0.3 is 15.2 Å². The number of nitrogens with two attached hydrogens (primary N) is 1. The summed E-state index contributed by atoms with van der Waals surface area (Å²) in [7, 11) is 3.87. The smallest absolute Gasteiger partial charge is 0.332 e. The maximum Gasteiger partial charge on any atom is 0.332 e. The number of nitro benzene ring substituents is 1. The lowest BCUT2D eigenvalue weighted by atomic mass is 10.1. The molecule has 1 atom stereocenters. The molecule has 1 unspecified atom stereocenters. The van der Waals surface area contributed by atoms with E-state index in [2.05, 4.69) is 0 Å². The molecule has 1 aromatic carbocycles. The van der Waals surface area contributed by atoms with E-state index in [1.807, 2.05) is 0 Å². The quantitative estimate of drug-likeness (QED) is 0.426. The normalized spacial score (nSPS) is 11.7. The van der Waals surface area contributed by atoms with Gasteiger partial charge in [-0.3, -0.25) is 28.8 Å². The zero-order valence-electron chi connectivity index (χ0n) is 15.1. The number of anilines is 1. The zero-order valence-corrected chi connectivity index (χ0v) is 15.1. The summed E-state index contributed by atoms with van der Waals surface area (Å²) in [5, 5.41) is 11.2. The van der Waals surface area contributed by atoms with E-state index in [-0.39, 0.29) is 17.3 Å². The number of ketones is 1. The molecule has 2 rings (SSSR count). The van der Waals surface area contributed by atoms with Crippen LogP contribution in [0.4, 0.5) is 11.5 Å². The summed E-state index contributed by atoms with van der Waals surface area (Å²) in [5.41, 5.74) is 3.35. The van der Waals surface area contributed by atoms with E-state index in [0.29, 0.717) is 0 Å². The number of rotatable bonds is 6. The van der Waals surface area contributed by atoms with Gasteiger partial charge in [-0.15, -0.1) is 0 Å². The minimum Gasteiger partial charge on any atom is -0.496 e. The van der Waals surface area contributed by atoms with Gasteiger partial charge in [-0.1, -0.05) is 0 Å². The predicted octanol–water partition coefficient (Wildman–Crippen LogP) is 0.233. The molecule has 27 heavy (non-hydrogen) atoms. The van der Waals surface area contributed by atoms with Crippen molar-refractivity contribution in [2.45, 2.75) is 13.0 Å². The van der Waals surface area contributed by atoms with Crippen molar-refractivity contribution in [1.82, 2.24) is 9.13 Å². The van der Waals surface area contributed by atoms with Crippen LogP contribution in [0.15, 0.2) is 27.8 Å². The van der Waals surface area contributed by atoms with Gasteiger partial charge in [0.25, 0.3) is 5.56 Å². The van der Waals surface area contributed by atoms with Gasteiger partial charge in [0.15, 0.2) is 11.9 Å². The Balaban J connectivity index is 2.45. The van der Waals surface area contributed by atoms with E-state index in [1.165, 1.54) is 40.3 Å². The maximum atomic E-state index is 12.7. The lowest BCUT2D eigenvalue weighted by Crippen LogP contribution is -2.43. The molecular formula is C16H18N4O7. The van der Waals surface area contributed by atoms with Crippen LogP contribution in [-0.2, 0) is 14.1 Å². The Labute approximate surface area is 152 Å². The molecule has 0 amide bonds. The molecule has 0 radical (unpaired) electrons. The Hall–Kier alpha value is -3.63. The average Bonchev–Trinajstić information content (AvgIpc) is 2.64. The highest BCUT2D eigenvalue weighted by Gasteiger charge is 2.28. The standard InChI is InChI=1S/C16H18N4O7/c1-8(27-11-6-5-9(26-4)7-10(11)20(24)25)13(21)12-14(17)18(2)16(23)19(3)15(12)22/h5-8H,17H2,1-4H3. The molecule has 0 aliphatic carbocycles. The topological polar surface area (TPSA) is 149 Å². The van der Waals surface area contributed by atoms with E-state index in [4.69, 9.17) is 15.2 Å². The number of hydrogen-bond donors (Lipinski definition) is 1. The van der Waals surface area contributed by atoms with Crippen LogP contribution >= 0.6 is 0 Å². The number of methoxy groups -OCH3 is 1. The highest BCUT2D eigenvalue weighted by Crippen LogP contribution is 2.32. The molecule has 0 bridgehead atoms. The van der Waals surface area contributed by atoms with Crippen LogP contribution in [0.2, 0.25) is 0 Å². The van der Waals surface area contributed by atoms with Crippen molar-refractivity contribution in [2.24, 2.45) is 14.1 Å². The van der Waals surface area contributed by atoms with Gasteiger partial charge in [-0.25, -0.2) is 4.79 Å². The molecule has 0 spiro atoms. The SMILES string of the molecule is COc1ccc(OC(C)C(=O)c2c(N)n(C)c(=O)n(C)c2=O)c([N+](=O)[O-])c1. The number of ether oxygens (including phenoxy) is 2. The molecule has 1 heterocycles. The number of nitrogen functional groups attached to an aromatic ring is 1. The third-order valence-corrected chi connectivity index (χ3v) is 3.99. The van der Waals surface area contributed by atoms with Gasteiger partial charge >= 0.3 is 11.4 Å². The van der Waals surface area contributed by atoms with Crippen molar-refractivity contribution in [2.75, 3.05) is 12.8 Å². The Morgan fingerprint density at radius 1 is 1.26 bits per heavy atom. The van der Waals surface area contributed by atoms with Crippen molar-refractivity contribution >= 4 is 17.3 Å². The third-order valence-electron chi connectivity index (χ3n) is 3.99. The van der Waals surface area contributed by atoms with Crippen LogP contribution in [0, 0.1) is 10.1 Å². The predicted molar refractivity (Wildman–Crippen MR) is 95.4 cm³/mol. The van der Waals surface area contributed by atoms with Crippen molar-refractivity contribution < 1.29 is 19.2 Å². The largest absolute Gasteiger partial charge is 0.496 e. The van der Waals surface area contributed by atoms with E-state index in [0.717, 1.165) is 15.2 Å². The van der Waals surface area contributed by atoms with E-state index < -0.39 is 39.3 Å². The molecule has 0 aliphatic heterocycles. The number of hydrogen-bond acceptors (Lipinski definition) is 8. The van der Waals surface area contributed by atoms with Gasteiger partial charge in [-0.2, -0.15) is 0 Å². The van der Waals surface area contributed by atoms with Crippen LogP contribution in [0.1, 0.15) is 17.3 Å². The Morgan fingerprint density at radius 2 is 1.89 bits per heavy atom. The second-order valence-electron chi connectivity index (χ2n) is 5.68. The average molecular weight is 378 g/mol. The highest BCUT2D eigenvalue weighted by atomic mass is 16.6. The van der Waals surface area contributed by atoms with Crippen LogP contribution in [0.25, 0.3) is 0 Å². The molecular weight excluding hydrogens is 360 g/mol. The number of benzene rings is 1. The Morgan fingerprint density at radius 3 is 2.44 bits per heavy atom. The maximum absolute atomic E-state index is 12.7. The van der Waals surface area contributed by atoms with Crippen molar-refractivity contribution in [3.8, 4) is 11.5 Å². The van der Waals surface area contributed by atoms with Gasteiger partial charge in [0.2, 0.25) is 5.78 Å².